The second kappa shape index (κ2) is 8.51. The van der Waals surface area contributed by atoms with E-state index < -0.39 is 16.9 Å². The number of ether oxygens (including phenoxy) is 1. The molecule has 0 spiro atoms. The Bertz CT molecular complexity index is 893. The van der Waals surface area contributed by atoms with Gasteiger partial charge in [0, 0.05) is 30.4 Å². The van der Waals surface area contributed by atoms with Gasteiger partial charge in [-0.15, -0.1) is 0 Å². The van der Waals surface area contributed by atoms with Crippen LogP contribution in [0.4, 0.5) is 11.4 Å². The summed E-state index contributed by atoms with van der Waals surface area (Å²) in [6.45, 7) is 3.00. The number of amides is 2. The first-order valence-corrected chi connectivity index (χ1v) is 9.06. The van der Waals surface area contributed by atoms with E-state index in [0.29, 0.717) is 11.3 Å². The van der Waals surface area contributed by atoms with Gasteiger partial charge in [0.1, 0.15) is 0 Å². The van der Waals surface area contributed by atoms with E-state index in [1.807, 2.05) is 0 Å². The van der Waals surface area contributed by atoms with Crippen molar-refractivity contribution in [2.45, 2.75) is 25.9 Å². The molecule has 1 saturated heterocycles. The van der Waals surface area contributed by atoms with E-state index >= 15 is 0 Å². The van der Waals surface area contributed by atoms with Gasteiger partial charge in [-0.3, -0.25) is 19.7 Å². The zero-order chi connectivity index (χ0) is 20.1. The van der Waals surface area contributed by atoms with Crippen LogP contribution in [0.2, 0.25) is 0 Å². The van der Waals surface area contributed by atoms with E-state index in [0.717, 1.165) is 25.9 Å². The average Bonchev–Trinajstić information content (AvgIpc) is 3.22. The van der Waals surface area contributed by atoms with Gasteiger partial charge in [-0.05, 0) is 44.0 Å². The molecule has 1 aliphatic heterocycles. The van der Waals surface area contributed by atoms with Crippen molar-refractivity contribution in [1.82, 2.24) is 4.90 Å². The third kappa shape index (κ3) is 4.46. The normalized spacial score (nSPS) is 14.4. The molecule has 28 heavy (non-hydrogen) atoms. The Labute approximate surface area is 162 Å². The van der Waals surface area contributed by atoms with E-state index in [1.165, 1.54) is 25.1 Å². The van der Waals surface area contributed by atoms with Gasteiger partial charge in [-0.25, -0.2) is 0 Å². The molecule has 1 heterocycles. The van der Waals surface area contributed by atoms with Crippen molar-refractivity contribution >= 4 is 23.2 Å². The van der Waals surface area contributed by atoms with Crippen molar-refractivity contribution in [3.63, 3.8) is 0 Å². The number of likely N-dealkylation sites (tertiary alicyclic amines) is 1. The first-order valence-electron chi connectivity index (χ1n) is 9.06. The number of hydrogen-bond donors (Lipinski definition) is 1. The van der Waals surface area contributed by atoms with Crippen LogP contribution in [-0.2, 0) is 4.79 Å². The van der Waals surface area contributed by atoms with Gasteiger partial charge in [0.05, 0.1) is 4.92 Å². The minimum absolute atomic E-state index is 0.0214. The van der Waals surface area contributed by atoms with Crippen LogP contribution in [0.15, 0.2) is 48.5 Å². The van der Waals surface area contributed by atoms with Crippen molar-refractivity contribution in [3.05, 3.63) is 64.2 Å². The SMILES string of the molecule is CC(Oc1ccccc1[N+](=O)[O-])C(=O)Nc1cccc(C(=O)N2CCCC2)c1. The molecule has 1 N–H and O–H groups in total. The largest absolute Gasteiger partial charge is 0.474 e. The van der Waals surface area contributed by atoms with E-state index in [-0.39, 0.29) is 17.3 Å². The first kappa shape index (κ1) is 19.3. The molecule has 1 atom stereocenters. The summed E-state index contributed by atoms with van der Waals surface area (Å²) in [6, 6.07) is 12.6. The Hall–Kier alpha value is -3.42. The topological polar surface area (TPSA) is 102 Å². The lowest BCUT2D eigenvalue weighted by molar-refractivity contribution is -0.386. The van der Waals surface area contributed by atoms with Crippen LogP contribution >= 0.6 is 0 Å². The number of benzene rings is 2. The van der Waals surface area contributed by atoms with E-state index in [4.69, 9.17) is 4.74 Å². The number of nitro benzene ring substituents is 1. The number of anilines is 1. The highest BCUT2D eigenvalue weighted by atomic mass is 16.6. The molecular weight excluding hydrogens is 362 g/mol. The van der Waals surface area contributed by atoms with Crippen LogP contribution in [-0.4, -0.2) is 40.8 Å². The molecule has 3 rings (SSSR count). The summed E-state index contributed by atoms with van der Waals surface area (Å²) in [7, 11) is 0. The lowest BCUT2D eigenvalue weighted by Crippen LogP contribution is -2.30. The summed E-state index contributed by atoms with van der Waals surface area (Å²) in [5.74, 6) is -0.505. The van der Waals surface area contributed by atoms with Crippen molar-refractivity contribution in [2.24, 2.45) is 0 Å². The molecule has 8 heteroatoms. The smallest absolute Gasteiger partial charge is 0.310 e. The zero-order valence-corrected chi connectivity index (χ0v) is 15.5. The highest BCUT2D eigenvalue weighted by Crippen LogP contribution is 2.27. The highest BCUT2D eigenvalue weighted by Gasteiger charge is 2.22. The number of carbonyl (C=O) groups excluding carboxylic acids is 2. The molecule has 0 bridgehead atoms. The Morgan fingerprint density at radius 3 is 2.57 bits per heavy atom. The second-order valence-corrected chi connectivity index (χ2v) is 6.55. The molecule has 0 saturated carbocycles. The average molecular weight is 383 g/mol. The fraction of sp³-hybridized carbons (Fsp3) is 0.300. The van der Waals surface area contributed by atoms with Crippen LogP contribution in [0.5, 0.6) is 5.75 Å². The fourth-order valence-corrected chi connectivity index (χ4v) is 3.03. The maximum Gasteiger partial charge on any atom is 0.310 e. The van der Waals surface area contributed by atoms with E-state index in [2.05, 4.69) is 5.32 Å². The molecule has 0 aliphatic carbocycles. The monoisotopic (exact) mass is 383 g/mol. The number of rotatable bonds is 6. The Morgan fingerprint density at radius 2 is 1.86 bits per heavy atom. The molecule has 1 unspecified atom stereocenters. The predicted molar refractivity (Wildman–Crippen MR) is 103 cm³/mol. The van der Waals surface area contributed by atoms with Gasteiger partial charge < -0.3 is 15.0 Å². The van der Waals surface area contributed by atoms with Gasteiger partial charge in [-0.2, -0.15) is 0 Å². The molecule has 8 nitrogen and oxygen atoms in total. The predicted octanol–water partition coefficient (Wildman–Crippen LogP) is 3.24. The van der Waals surface area contributed by atoms with Gasteiger partial charge in [0.25, 0.3) is 11.8 Å². The van der Waals surface area contributed by atoms with Crippen LogP contribution in [0, 0.1) is 10.1 Å². The molecule has 146 valence electrons. The Kier molecular flexibility index (Phi) is 5.88. The third-order valence-corrected chi connectivity index (χ3v) is 4.51. The number of nitrogens with one attached hydrogen (secondary N) is 1. The highest BCUT2D eigenvalue weighted by molar-refractivity contribution is 5.98. The summed E-state index contributed by atoms with van der Waals surface area (Å²) < 4.78 is 5.47. The maximum absolute atomic E-state index is 12.5. The second-order valence-electron chi connectivity index (χ2n) is 6.55. The van der Waals surface area contributed by atoms with Gasteiger partial charge in [-0.1, -0.05) is 18.2 Å². The fourth-order valence-electron chi connectivity index (χ4n) is 3.03. The minimum Gasteiger partial charge on any atom is -0.474 e. The summed E-state index contributed by atoms with van der Waals surface area (Å²) in [5, 5.41) is 13.8. The lowest BCUT2D eigenvalue weighted by atomic mass is 10.1. The molecule has 0 aromatic heterocycles. The Morgan fingerprint density at radius 1 is 1.14 bits per heavy atom. The van der Waals surface area contributed by atoms with Crippen molar-refractivity contribution in [2.75, 3.05) is 18.4 Å². The molecular formula is C20H21N3O5. The Balaban J connectivity index is 1.67. The van der Waals surface area contributed by atoms with Crippen molar-refractivity contribution < 1.29 is 19.2 Å². The number of hydrogen-bond acceptors (Lipinski definition) is 5. The minimum atomic E-state index is -0.959. The quantitative estimate of drug-likeness (QED) is 0.609. The van der Waals surface area contributed by atoms with Gasteiger partial charge >= 0.3 is 5.69 Å². The van der Waals surface area contributed by atoms with Crippen LogP contribution in [0.3, 0.4) is 0 Å². The summed E-state index contributed by atoms with van der Waals surface area (Å²) >= 11 is 0. The number of nitrogens with zero attached hydrogens (tertiary/aromatic N) is 2. The molecule has 2 aromatic carbocycles. The number of para-hydroxylation sites is 2. The van der Waals surface area contributed by atoms with Crippen molar-refractivity contribution in [3.8, 4) is 5.75 Å². The molecule has 1 fully saturated rings. The number of nitro groups is 1. The van der Waals surface area contributed by atoms with Gasteiger partial charge in [0.15, 0.2) is 11.9 Å². The van der Waals surface area contributed by atoms with Crippen LogP contribution in [0.25, 0.3) is 0 Å². The molecule has 2 amide bonds. The number of carbonyl (C=O) groups is 2. The lowest BCUT2D eigenvalue weighted by Gasteiger charge is -2.17. The van der Waals surface area contributed by atoms with Crippen molar-refractivity contribution in [1.29, 1.82) is 0 Å². The zero-order valence-electron chi connectivity index (χ0n) is 15.5. The first-order chi connectivity index (χ1) is 13.5. The molecule has 0 radical (unpaired) electrons. The molecule has 1 aliphatic rings. The summed E-state index contributed by atoms with van der Waals surface area (Å²) in [6.07, 6.45) is 1.05. The maximum atomic E-state index is 12.5. The van der Waals surface area contributed by atoms with E-state index in [1.54, 1.807) is 35.2 Å². The van der Waals surface area contributed by atoms with Crippen LogP contribution < -0.4 is 10.1 Å². The third-order valence-electron chi connectivity index (χ3n) is 4.51. The summed E-state index contributed by atoms with van der Waals surface area (Å²) in [5.41, 5.74) is 0.764. The van der Waals surface area contributed by atoms with Crippen LogP contribution in [0.1, 0.15) is 30.1 Å². The van der Waals surface area contributed by atoms with Gasteiger partial charge in [0.2, 0.25) is 0 Å². The molecule has 2 aromatic rings. The van der Waals surface area contributed by atoms with E-state index in [9.17, 15) is 19.7 Å². The summed E-state index contributed by atoms with van der Waals surface area (Å²) in [4.78, 5) is 37.2. The standard InChI is InChI=1S/C20H21N3O5/c1-14(28-18-10-3-2-9-17(18)23(26)27)19(24)21-16-8-6-7-15(13-16)20(25)22-11-4-5-12-22/h2-3,6-10,13-14H,4-5,11-12H2,1H3,(H,21,24).